The fourth-order valence-corrected chi connectivity index (χ4v) is 1.56. The molecule has 102 valence electrons. The number of halogens is 1. The standard InChI is InChI=1S/C13H10FN3O3/c14-10-5-3-4-9(8-10)13(18)16-15-11-6-1-2-7-12(11)17(19)20/h1-8,15H,(H,16,18). The van der Waals surface area contributed by atoms with Crippen LogP contribution < -0.4 is 10.9 Å². The van der Waals surface area contributed by atoms with Crippen LogP contribution in [-0.2, 0) is 0 Å². The van der Waals surface area contributed by atoms with Crippen molar-refractivity contribution < 1.29 is 14.1 Å². The highest BCUT2D eigenvalue weighted by Crippen LogP contribution is 2.22. The van der Waals surface area contributed by atoms with Gasteiger partial charge in [0, 0.05) is 11.6 Å². The Morgan fingerprint density at radius 2 is 1.90 bits per heavy atom. The third kappa shape index (κ3) is 3.08. The first kappa shape index (κ1) is 13.5. The van der Waals surface area contributed by atoms with Crippen LogP contribution in [0.15, 0.2) is 48.5 Å². The number of nitrogens with one attached hydrogen (secondary N) is 2. The molecule has 0 unspecified atom stereocenters. The van der Waals surface area contributed by atoms with Crippen LogP contribution in [-0.4, -0.2) is 10.8 Å². The first-order chi connectivity index (χ1) is 9.58. The number of rotatable bonds is 4. The Morgan fingerprint density at radius 1 is 1.15 bits per heavy atom. The van der Waals surface area contributed by atoms with Crippen molar-refractivity contribution in [2.24, 2.45) is 0 Å². The van der Waals surface area contributed by atoms with Gasteiger partial charge in [-0.25, -0.2) is 4.39 Å². The molecule has 2 aromatic carbocycles. The lowest BCUT2D eigenvalue weighted by Crippen LogP contribution is -2.29. The Kier molecular flexibility index (Phi) is 3.90. The van der Waals surface area contributed by atoms with Crippen molar-refractivity contribution in [2.75, 3.05) is 5.43 Å². The van der Waals surface area contributed by atoms with Gasteiger partial charge in [-0.2, -0.15) is 0 Å². The lowest BCUT2D eigenvalue weighted by molar-refractivity contribution is -0.384. The maximum absolute atomic E-state index is 13.0. The smallest absolute Gasteiger partial charge is 0.292 e. The number of nitro groups is 1. The van der Waals surface area contributed by atoms with E-state index >= 15 is 0 Å². The quantitative estimate of drug-likeness (QED) is 0.663. The van der Waals surface area contributed by atoms with Crippen LogP contribution in [0.2, 0.25) is 0 Å². The van der Waals surface area contributed by atoms with E-state index in [9.17, 15) is 19.3 Å². The Balaban J connectivity index is 2.09. The summed E-state index contributed by atoms with van der Waals surface area (Å²) in [5, 5.41) is 10.8. The van der Waals surface area contributed by atoms with Crippen LogP contribution in [0.1, 0.15) is 10.4 Å². The van der Waals surface area contributed by atoms with Gasteiger partial charge in [0.2, 0.25) is 0 Å². The molecule has 0 bridgehead atoms. The summed E-state index contributed by atoms with van der Waals surface area (Å²) in [5.41, 5.74) is 4.80. The van der Waals surface area contributed by atoms with E-state index in [0.717, 1.165) is 6.07 Å². The van der Waals surface area contributed by atoms with Gasteiger partial charge < -0.3 is 0 Å². The molecule has 0 aliphatic heterocycles. The second-order valence-electron chi connectivity index (χ2n) is 3.86. The molecule has 2 aromatic rings. The Morgan fingerprint density at radius 3 is 2.60 bits per heavy atom. The molecule has 0 aliphatic rings. The topological polar surface area (TPSA) is 84.3 Å². The number of carbonyl (C=O) groups is 1. The van der Waals surface area contributed by atoms with Gasteiger partial charge in [0.05, 0.1) is 4.92 Å². The van der Waals surface area contributed by atoms with Crippen LogP contribution in [0.3, 0.4) is 0 Å². The van der Waals surface area contributed by atoms with Gasteiger partial charge in [0.1, 0.15) is 11.5 Å². The molecule has 0 aromatic heterocycles. The van der Waals surface area contributed by atoms with Crippen molar-refractivity contribution in [1.29, 1.82) is 0 Å². The van der Waals surface area contributed by atoms with Gasteiger partial charge in [0.15, 0.2) is 0 Å². The number of benzene rings is 2. The molecule has 0 fully saturated rings. The maximum Gasteiger partial charge on any atom is 0.294 e. The first-order valence-electron chi connectivity index (χ1n) is 5.63. The summed E-state index contributed by atoms with van der Waals surface area (Å²) in [6, 6.07) is 11.0. The number of nitrogens with zero attached hydrogens (tertiary/aromatic N) is 1. The highest BCUT2D eigenvalue weighted by molar-refractivity contribution is 5.95. The first-order valence-corrected chi connectivity index (χ1v) is 5.63. The molecule has 6 nitrogen and oxygen atoms in total. The largest absolute Gasteiger partial charge is 0.294 e. The van der Waals surface area contributed by atoms with E-state index in [1.54, 1.807) is 6.07 Å². The van der Waals surface area contributed by atoms with Crippen molar-refractivity contribution in [3.8, 4) is 0 Å². The van der Waals surface area contributed by atoms with E-state index < -0.39 is 16.6 Å². The average molecular weight is 275 g/mol. The average Bonchev–Trinajstić information content (AvgIpc) is 2.45. The van der Waals surface area contributed by atoms with E-state index in [1.165, 1.54) is 36.4 Å². The fraction of sp³-hybridized carbons (Fsp3) is 0. The van der Waals surface area contributed by atoms with E-state index in [0.29, 0.717) is 0 Å². The van der Waals surface area contributed by atoms with Gasteiger partial charge >= 0.3 is 0 Å². The molecule has 2 rings (SSSR count). The van der Waals surface area contributed by atoms with E-state index in [4.69, 9.17) is 0 Å². The second-order valence-corrected chi connectivity index (χ2v) is 3.86. The van der Waals surface area contributed by atoms with Gasteiger partial charge in [-0.3, -0.25) is 25.8 Å². The summed E-state index contributed by atoms with van der Waals surface area (Å²) in [6.07, 6.45) is 0. The summed E-state index contributed by atoms with van der Waals surface area (Å²) >= 11 is 0. The number of para-hydroxylation sites is 2. The van der Waals surface area contributed by atoms with Gasteiger partial charge in [-0.05, 0) is 24.3 Å². The van der Waals surface area contributed by atoms with Gasteiger partial charge in [0.25, 0.3) is 11.6 Å². The van der Waals surface area contributed by atoms with E-state index in [1.807, 2.05) is 0 Å². The zero-order chi connectivity index (χ0) is 14.5. The van der Waals surface area contributed by atoms with Gasteiger partial charge in [-0.1, -0.05) is 18.2 Å². The normalized spacial score (nSPS) is 9.85. The minimum Gasteiger partial charge on any atom is -0.292 e. The van der Waals surface area contributed by atoms with Crippen molar-refractivity contribution in [2.45, 2.75) is 0 Å². The summed E-state index contributed by atoms with van der Waals surface area (Å²) in [5.74, 6) is -1.13. The number of nitro benzene ring substituents is 1. The monoisotopic (exact) mass is 275 g/mol. The molecule has 0 spiro atoms. The van der Waals surface area contributed by atoms with Crippen LogP contribution >= 0.6 is 0 Å². The van der Waals surface area contributed by atoms with E-state index in [2.05, 4.69) is 10.9 Å². The highest BCUT2D eigenvalue weighted by atomic mass is 19.1. The SMILES string of the molecule is O=C(NNc1ccccc1[N+](=O)[O-])c1cccc(F)c1. The summed E-state index contributed by atoms with van der Waals surface area (Å²) in [4.78, 5) is 22.0. The number of hydrazine groups is 1. The summed E-state index contributed by atoms with van der Waals surface area (Å²) < 4.78 is 13.0. The number of hydrogen-bond acceptors (Lipinski definition) is 4. The van der Waals surface area contributed by atoms with Crippen LogP contribution in [0.5, 0.6) is 0 Å². The predicted octanol–water partition coefficient (Wildman–Crippen LogP) is 2.49. The lowest BCUT2D eigenvalue weighted by Gasteiger charge is -2.08. The minimum absolute atomic E-state index is 0.107. The van der Waals surface area contributed by atoms with E-state index in [-0.39, 0.29) is 16.9 Å². The predicted molar refractivity (Wildman–Crippen MR) is 70.6 cm³/mol. The van der Waals surface area contributed by atoms with Crippen LogP contribution in [0.4, 0.5) is 15.8 Å². The molecule has 0 radical (unpaired) electrons. The number of carbonyl (C=O) groups excluding carboxylic acids is 1. The number of anilines is 1. The number of hydrogen-bond donors (Lipinski definition) is 2. The molecule has 20 heavy (non-hydrogen) atoms. The van der Waals surface area contributed by atoms with Crippen molar-refractivity contribution in [3.05, 3.63) is 70.0 Å². The molecule has 0 saturated heterocycles. The Bertz CT molecular complexity index is 661. The van der Waals surface area contributed by atoms with Crippen LogP contribution in [0, 0.1) is 15.9 Å². The second kappa shape index (κ2) is 5.79. The summed E-state index contributed by atoms with van der Waals surface area (Å²) in [6.45, 7) is 0. The summed E-state index contributed by atoms with van der Waals surface area (Å²) in [7, 11) is 0. The molecule has 0 atom stereocenters. The molecule has 2 N–H and O–H groups in total. The number of amides is 1. The zero-order valence-corrected chi connectivity index (χ0v) is 10.2. The minimum atomic E-state index is -0.595. The van der Waals surface area contributed by atoms with Crippen molar-refractivity contribution in [3.63, 3.8) is 0 Å². The third-order valence-electron chi connectivity index (χ3n) is 2.50. The Hall–Kier alpha value is -2.96. The molecule has 0 saturated carbocycles. The third-order valence-corrected chi connectivity index (χ3v) is 2.50. The van der Waals surface area contributed by atoms with Gasteiger partial charge in [-0.15, -0.1) is 0 Å². The highest BCUT2D eigenvalue weighted by Gasteiger charge is 2.13. The maximum atomic E-state index is 13.0. The van der Waals surface area contributed by atoms with Crippen molar-refractivity contribution in [1.82, 2.24) is 5.43 Å². The zero-order valence-electron chi connectivity index (χ0n) is 10.2. The molecule has 7 heteroatoms. The molecule has 0 aliphatic carbocycles. The fourth-order valence-electron chi connectivity index (χ4n) is 1.56. The van der Waals surface area contributed by atoms with Crippen molar-refractivity contribution >= 4 is 17.3 Å². The van der Waals surface area contributed by atoms with Crippen LogP contribution in [0.25, 0.3) is 0 Å². The Labute approximate surface area is 113 Å². The lowest BCUT2D eigenvalue weighted by atomic mass is 10.2. The molecular formula is C13H10FN3O3. The molecule has 0 heterocycles. The molecule has 1 amide bonds. The molecular weight excluding hydrogens is 265 g/mol.